The zero-order chi connectivity index (χ0) is 28.2. The first-order valence-corrected chi connectivity index (χ1v) is 13.9. The molecule has 0 radical (unpaired) electrons. The fourth-order valence-corrected chi connectivity index (χ4v) is 5.46. The number of ether oxygens (including phenoxy) is 1. The van der Waals surface area contributed by atoms with E-state index in [1.54, 1.807) is 6.20 Å². The highest BCUT2D eigenvalue weighted by atomic mass is 16.5. The second-order valence-electron chi connectivity index (χ2n) is 10.2. The molecular formula is C30H34N8O3. The topological polar surface area (TPSA) is 114 Å². The van der Waals surface area contributed by atoms with E-state index in [1.807, 2.05) is 36.4 Å². The third kappa shape index (κ3) is 6.04. The van der Waals surface area contributed by atoms with Gasteiger partial charge in [0.05, 0.1) is 18.9 Å². The van der Waals surface area contributed by atoms with Crippen molar-refractivity contribution in [1.82, 2.24) is 25.4 Å². The lowest BCUT2D eigenvalue weighted by atomic mass is 10.1. The number of nitrogens with zero attached hydrogens (tertiary/aromatic N) is 4. The number of anilines is 3. The van der Waals surface area contributed by atoms with Gasteiger partial charge in [0, 0.05) is 62.1 Å². The monoisotopic (exact) mass is 554 g/mol. The number of morpholine rings is 1. The average Bonchev–Trinajstić information content (AvgIpc) is 3.65. The number of urea groups is 1. The van der Waals surface area contributed by atoms with Gasteiger partial charge >= 0.3 is 6.03 Å². The lowest BCUT2D eigenvalue weighted by Crippen LogP contribution is -2.45. The number of carbonyl (C=O) groups excluding carboxylic acids is 2. The van der Waals surface area contributed by atoms with Crippen molar-refractivity contribution in [3.05, 3.63) is 91.1 Å². The molecule has 6 rings (SSSR count). The van der Waals surface area contributed by atoms with Gasteiger partial charge in [-0.1, -0.05) is 24.8 Å². The lowest BCUT2D eigenvalue weighted by Gasteiger charge is -2.38. The van der Waals surface area contributed by atoms with Crippen molar-refractivity contribution >= 4 is 34.8 Å². The molecule has 0 saturated carbocycles. The number of hydrogen-bond donors (Lipinski definition) is 4. The Bertz CT molecular complexity index is 1400. The van der Waals surface area contributed by atoms with E-state index in [4.69, 9.17) is 4.74 Å². The predicted octanol–water partition coefficient (Wildman–Crippen LogP) is 2.88. The number of carbonyl (C=O) groups is 2. The Balaban J connectivity index is 1.04. The highest BCUT2D eigenvalue weighted by Gasteiger charge is 2.30. The number of aromatic nitrogens is 1. The van der Waals surface area contributed by atoms with E-state index in [2.05, 4.69) is 72.0 Å². The van der Waals surface area contributed by atoms with Crippen LogP contribution < -0.4 is 26.2 Å². The van der Waals surface area contributed by atoms with Crippen LogP contribution in [-0.2, 0) is 9.53 Å². The smallest absolute Gasteiger partial charge is 0.324 e. The zero-order valence-electron chi connectivity index (χ0n) is 22.8. The normalized spacial score (nSPS) is 21.4. The van der Waals surface area contributed by atoms with Gasteiger partial charge < -0.3 is 35.4 Å². The maximum atomic E-state index is 12.7. The molecule has 11 nitrogen and oxygen atoms in total. The SMILES string of the molecule is C=CC(=O)NC1CCN(c2ccnc(NC(=O)Nc3ccc(C4=CN5C(N6CCOCC6)=CC=CC5N4)cc3)c2)C1. The maximum Gasteiger partial charge on any atom is 0.324 e. The van der Waals surface area contributed by atoms with Crippen LogP contribution in [0.3, 0.4) is 0 Å². The van der Waals surface area contributed by atoms with E-state index < -0.39 is 0 Å². The first-order chi connectivity index (χ1) is 20.1. The highest BCUT2D eigenvalue weighted by Crippen LogP contribution is 2.29. The summed E-state index contributed by atoms with van der Waals surface area (Å²) in [5.41, 5.74) is 3.66. The van der Waals surface area contributed by atoms with Gasteiger partial charge in [-0.25, -0.2) is 9.78 Å². The van der Waals surface area contributed by atoms with Crippen molar-refractivity contribution < 1.29 is 14.3 Å². The summed E-state index contributed by atoms with van der Waals surface area (Å²) in [6.45, 7) is 8.23. The van der Waals surface area contributed by atoms with Crippen LogP contribution in [0.4, 0.5) is 22.0 Å². The minimum absolute atomic E-state index is 0.0625. The van der Waals surface area contributed by atoms with Crippen LogP contribution in [0, 0.1) is 0 Å². The summed E-state index contributed by atoms with van der Waals surface area (Å²) in [4.78, 5) is 35.4. The number of hydrogen-bond acceptors (Lipinski definition) is 8. The first kappa shape index (κ1) is 26.5. The van der Waals surface area contributed by atoms with E-state index in [-0.39, 0.29) is 24.1 Å². The molecular weight excluding hydrogens is 520 g/mol. The molecule has 4 aliphatic heterocycles. The van der Waals surface area contributed by atoms with Crippen LogP contribution in [-0.4, -0.2) is 78.3 Å². The zero-order valence-corrected chi connectivity index (χ0v) is 22.8. The number of allylic oxidation sites excluding steroid dienone is 2. The van der Waals surface area contributed by atoms with Crippen molar-refractivity contribution in [2.75, 3.05) is 54.9 Å². The summed E-state index contributed by atoms with van der Waals surface area (Å²) in [7, 11) is 0. The average molecular weight is 555 g/mol. The fraction of sp³-hybridized carbons (Fsp3) is 0.300. The van der Waals surface area contributed by atoms with Gasteiger partial charge in [0.1, 0.15) is 17.8 Å². The van der Waals surface area contributed by atoms with Crippen molar-refractivity contribution in [2.45, 2.75) is 18.6 Å². The summed E-state index contributed by atoms with van der Waals surface area (Å²) < 4.78 is 5.52. The molecule has 212 valence electrons. The third-order valence-corrected chi connectivity index (χ3v) is 7.53. The van der Waals surface area contributed by atoms with Crippen molar-refractivity contribution in [3.8, 4) is 0 Å². The third-order valence-electron chi connectivity index (χ3n) is 7.53. The molecule has 0 aliphatic carbocycles. The molecule has 0 spiro atoms. The molecule has 4 N–H and O–H groups in total. The van der Waals surface area contributed by atoms with Gasteiger partial charge in [-0.2, -0.15) is 0 Å². The minimum atomic E-state index is -0.374. The maximum absolute atomic E-state index is 12.7. The lowest BCUT2D eigenvalue weighted by molar-refractivity contribution is -0.117. The molecule has 2 fully saturated rings. The standard InChI is InChI=1S/C30H34N8O3/c1-2-28(39)32-23-11-13-37(19-23)24-10-12-31-26(18-24)35-30(40)33-22-8-6-21(7-9-22)25-20-38-27(34-25)4-3-5-29(38)36-14-16-41-17-15-36/h2-10,12,18,20,23,27,34H,1,11,13-17,19H2,(H,32,39)(H2,31,33,35,40). The van der Waals surface area contributed by atoms with Crippen LogP contribution in [0.5, 0.6) is 0 Å². The van der Waals surface area contributed by atoms with Gasteiger partial charge in [0.25, 0.3) is 0 Å². The summed E-state index contributed by atoms with van der Waals surface area (Å²) >= 11 is 0. The molecule has 0 bridgehead atoms. The number of amides is 3. The molecule has 1 aromatic heterocycles. The van der Waals surface area contributed by atoms with Crippen molar-refractivity contribution in [2.24, 2.45) is 0 Å². The Morgan fingerprint density at radius 2 is 1.90 bits per heavy atom. The van der Waals surface area contributed by atoms with E-state index >= 15 is 0 Å². The number of pyridine rings is 1. The summed E-state index contributed by atoms with van der Waals surface area (Å²) in [5, 5.41) is 12.2. The summed E-state index contributed by atoms with van der Waals surface area (Å²) in [6, 6.07) is 11.2. The number of nitrogens with one attached hydrogen (secondary N) is 4. The van der Waals surface area contributed by atoms with Crippen molar-refractivity contribution in [3.63, 3.8) is 0 Å². The molecule has 2 saturated heterocycles. The molecule has 41 heavy (non-hydrogen) atoms. The first-order valence-electron chi connectivity index (χ1n) is 13.9. The molecule has 4 aliphatic rings. The molecule has 2 atom stereocenters. The molecule has 3 amide bonds. The Labute approximate surface area is 239 Å². The molecule has 1 aromatic carbocycles. The second-order valence-corrected chi connectivity index (χ2v) is 10.2. The number of rotatable bonds is 7. The molecule has 11 heteroatoms. The van der Waals surface area contributed by atoms with Crippen LogP contribution in [0.1, 0.15) is 12.0 Å². The molecule has 2 aromatic rings. The van der Waals surface area contributed by atoms with Gasteiger partial charge in [0.2, 0.25) is 5.91 Å². The van der Waals surface area contributed by atoms with Crippen molar-refractivity contribution in [1.29, 1.82) is 0 Å². The molecule has 2 unspecified atom stereocenters. The van der Waals surface area contributed by atoms with Crippen LogP contribution in [0.25, 0.3) is 5.70 Å². The van der Waals surface area contributed by atoms with E-state index in [1.165, 1.54) is 11.9 Å². The van der Waals surface area contributed by atoms with Gasteiger partial charge in [0.15, 0.2) is 0 Å². The Morgan fingerprint density at radius 1 is 1.07 bits per heavy atom. The highest BCUT2D eigenvalue weighted by molar-refractivity contribution is 5.99. The van der Waals surface area contributed by atoms with Crippen LogP contribution in [0.2, 0.25) is 0 Å². The Kier molecular flexibility index (Phi) is 7.59. The Morgan fingerprint density at radius 3 is 2.71 bits per heavy atom. The molecule has 5 heterocycles. The number of benzene rings is 1. The van der Waals surface area contributed by atoms with E-state index in [9.17, 15) is 9.59 Å². The predicted molar refractivity (Wildman–Crippen MR) is 159 cm³/mol. The largest absolute Gasteiger partial charge is 0.378 e. The Hall–Kier alpha value is -4.77. The second kappa shape index (κ2) is 11.8. The fourth-order valence-electron chi connectivity index (χ4n) is 5.46. The van der Waals surface area contributed by atoms with Gasteiger partial charge in [-0.15, -0.1) is 0 Å². The summed E-state index contributed by atoms with van der Waals surface area (Å²) in [6.07, 6.45) is 12.4. The van der Waals surface area contributed by atoms with E-state index in [0.717, 1.165) is 56.2 Å². The number of fused-ring (bicyclic) bond motifs is 1. The quantitative estimate of drug-likeness (QED) is 0.387. The van der Waals surface area contributed by atoms with E-state index in [0.29, 0.717) is 18.1 Å². The summed E-state index contributed by atoms with van der Waals surface area (Å²) in [5.74, 6) is 1.45. The van der Waals surface area contributed by atoms with Crippen LogP contribution in [0.15, 0.2) is 85.5 Å². The van der Waals surface area contributed by atoms with Gasteiger partial charge in [-0.3, -0.25) is 10.1 Å². The van der Waals surface area contributed by atoms with Gasteiger partial charge in [-0.05, 0) is 48.4 Å². The minimum Gasteiger partial charge on any atom is -0.378 e. The van der Waals surface area contributed by atoms with Crippen LogP contribution >= 0.6 is 0 Å².